The topological polar surface area (TPSA) is 50.4 Å². The molecule has 0 spiro atoms. The third-order valence-electron chi connectivity index (χ3n) is 4.23. The van der Waals surface area contributed by atoms with Gasteiger partial charge in [-0.3, -0.25) is 4.79 Å². The van der Waals surface area contributed by atoms with Crippen LogP contribution in [0.15, 0.2) is 42.5 Å². The fraction of sp³-hybridized carbons (Fsp3) is 0.381. The molecular formula is C21H28N2O2. The summed E-state index contributed by atoms with van der Waals surface area (Å²) in [5.74, 6) is 1.31. The van der Waals surface area contributed by atoms with Crippen molar-refractivity contribution in [1.82, 2.24) is 5.32 Å². The number of aryl methyl sites for hydroxylation is 1. The highest BCUT2D eigenvalue weighted by Gasteiger charge is 2.09. The lowest BCUT2D eigenvalue weighted by atomic mass is 9.98. The number of amides is 1. The van der Waals surface area contributed by atoms with Crippen LogP contribution in [0.25, 0.3) is 0 Å². The predicted molar refractivity (Wildman–Crippen MR) is 103 cm³/mol. The van der Waals surface area contributed by atoms with Gasteiger partial charge in [-0.25, -0.2) is 0 Å². The van der Waals surface area contributed by atoms with Crippen molar-refractivity contribution in [2.75, 3.05) is 19.0 Å². The van der Waals surface area contributed by atoms with Crippen LogP contribution in [-0.2, 0) is 11.3 Å². The van der Waals surface area contributed by atoms with E-state index in [0.29, 0.717) is 25.4 Å². The van der Waals surface area contributed by atoms with Gasteiger partial charge in [-0.2, -0.15) is 0 Å². The minimum absolute atomic E-state index is 0.0444. The third kappa shape index (κ3) is 5.52. The monoisotopic (exact) mass is 340 g/mol. The van der Waals surface area contributed by atoms with E-state index in [0.717, 1.165) is 17.0 Å². The van der Waals surface area contributed by atoms with E-state index in [1.165, 1.54) is 11.1 Å². The van der Waals surface area contributed by atoms with Crippen molar-refractivity contribution in [3.05, 3.63) is 59.2 Å². The Kier molecular flexibility index (Phi) is 6.87. The number of methoxy groups -OCH3 is 1. The lowest BCUT2D eigenvalue weighted by Crippen LogP contribution is -2.25. The Hall–Kier alpha value is -2.49. The second-order valence-corrected chi connectivity index (χ2v) is 6.50. The average Bonchev–Trinajstić information content (AvgIpc) is 2.61. The molecule has 134 valence electrons. The number of hydrogen-bond donors (Lipinski definition) is 2. The van der Waals surface area contributed by atoms with Gasteiger partial charge in [0.2, 0.25) is 5.91 Å². The number of benzene rings is 2. The van der Waals surface area contributed by atoms with Crippen LogP contribution in [0.5, 0.6) is 5.75 Å². The van der Waals surface area contributed by atoms with E-state index in [4.69, 9.17) is 4.74 Å². The first-order valence-electron chi connectivity index (χ1n) is 8.74. The Morgan fingerprint density at radius 2 is 1.84 bits per heavy atom. The standard InChI is InChI=1S/C21H28N2O2/c1-15(2)19-7-5-6-16(3)21(19)22-13-12-20(24)23-14-17-8-10-18(25-4)11-9-17/h5-11,15,22H,12-14H2,1-4H3,(H,23,24). The van der Waals surface area contributed by atoms with Gasteiger partial charge in [-0.15, -0.1) is 0 Å². The fourth-order valence-corrected chi connectivity index (χ4v) is 2.75. The van der Waals surface area contributed by atoms with E-state index in [-0.39, 0.29) is 5.91 Å². The Morgan fingerprint density at radius 3 is 2.48 bits per heavy atom. The maximum absolute atomic E-state index is 12.1. The largest absolute Gasteiger partial charge is 0.497 e. The first-order chi connectivity index (χ1) is 12.0. The lowest BCUT2D eigenvalue weighted by Gasteiger charge is -2.17. The van der Waals surface area contributed by atoms with Gasteiger partial charge in [0, 0.05) is 25.2 Å². The zero-order chi connectivity index (χ0) is 18.2. The summed E-state index contributed by atoms with van der Waals surface area (Å²) in [6.07, 6.45) is 0.446. The highest BCUT2D eigenvalue weighted by molar-refractivity contribution is 5.76. The van der Waals surface area contributed by atoms with E-state index in [2.05, 4.69) is 49.6 Å². The molecule has 4 nitrogen and oxygen atoms in total. The molecule has 0 saturated heterocycles. The first kappa shape index (κ1) is 18.8. The lowest BCUT2D eigenvalue weighted by molar-refractivity contribution is -0.121. The summed E-state index contributed by atoms with van der Waals surface area (Å²) in [6.45, 7) is 7.62. The molecule has 25 heavy (non-hydrogen) atoms. The zero-order valence-corrected chi connectivity index (χ0v) is 15.6. The van der Waals surface area contributed by atoms with Gasteiger partial charge < -0.3 is 15.4 Å². The molecule has 0 aliphatic rings. The molecule has 0 unspecified atom stereocenters. The fourth-order valence-electron chi connectivity index (χ4n) is 2.75. The van der Waals surface area contributed by atoms with Crippen LogP contribution >= 0.6 is 0 Å². The van der Waals surface area contributed by atoms with E-state index < -0.39 is 0 Å². The molecule has 0 saturated carbocycles. The number of nitrogens with one attached hydrogen (secondary N) is 2. The maximum atomic E-state index is 12.1. The molecule has 0 atom stereocenters. The molecule has 0 fully saturated rings. The van der Waals surface area contributed by atoms with Crippen molar-refractivity contribution >= 4 is 11.6 Å². The molecule has 4 heteroatoms. The summed E-state index contributed by atoms with van der Waals surface area (Å²) in [5.41, 5.74) is 4.71. The Bertz CT molecular complexity index is 694. The quantitative estimate of drug-likeness (QED) is 0.755. The molecule has 1 amide bonds. The van der Waals surface area contributed by atoms with Gasteiger partial charge in [-0.1, -0.05) is 44.2 Å². The molecule has 2 N–H and O–H groups in total. The van der Waals surface area contributed by atoms with Crippen LogP contribution in [0.4, 0.5) is 5.69 Å². The van der Waals surface area contributed by atoms with Gasteiger partial charge in [0.1, 0.15) is 5.75 Å². The molecule has 2 rings (SSSR count). The number of ether oxygens (including phenoxy) is 1. The second-order valence-electron chi connectivity index (χ2n) is 6.50. The van der Waals surface area contributed by atoms with Crippen LogP contribution in [0, 0.1) is 6.92 Å². The van der Waals surface area contributed by atoms with Gasteiger partial charge in [0.05, 0.1) is 7.11 Å². The molecular weight excluding hydrogens is 312 g/mol. The van der Waals surface area contributed by atoms with Crippen molar-refractivity contribution in [2.45, 2.75) is 39.7 Å². The predicted octanol–water partition coefficient (Wildman–Crippen LogP) is 4.25. The van der Waals surface area contributed by atoms with Crippen molar-refractivity contribution in [2.24, 2.45) is 0 Å². The highest BCUT2D eigenvalue weighted by Crippen LogP contribution is 2.27. The van der Waals surface area contributed by atoms with E-state index in [1.807, 2.05) is 24.3 Å². The second kappa shape index (κ2) is 9.11. The van der Waals surface area contributed by atoms with Crippen molar-refractivity contribution in [1.29, 1.82) is 0 Å². The van der Waals surface area contributed by atoms with Crippen LogP contribution in [0.3, 0.4) is 0 Å². The van der Waals surface area contributed by atoms with Crippen LogP contribution in [-0.4, -0.2) is 19.6 Å². The molecule has 2 aromatic carbocycles. The minimum atomic E-state index is 0.0444. The Labute approximate surface area is 150 Å². The van der Waals surface area contributed by atoms with E-state index >= 15 is 0 Å². The summed E-state index contributed by atoms with van der Waals surface area (Å²) in [7, 11) is 1.64. The Morgan fingerprint density at radius 1 is 1.12 bits per heavy atom. The number of anilines is 1. The normalized spacial score (nSPS) is 10.6. The molecule has 2 aromatic rings. The summed E-state index contributed by atoms with van der Waals surface area (Å²) >= 11 is 0. The van der Waals surface area contributed by atoms with Gasteiger partial charge in [0.15, 0.2) is 0 Å². The SMILES string of the molecule is COc1ccc(CNC(=O)CCNc2c(C)cccc2C(C)C)cc1. The number of hydrogen-bond acceptors (Lipinski definition) is 3. The smallest absolute Gasteiger partial charge is 0.222 e. The summed E-state index contributed by atoms with van der Waals surface area (Å²) in [5, 5.41) is 6.38. The van der Waals surface area contributed by atoms with Gasteiger partial charge in [-0.05, 0) is 41.7 Å². The van der Waals surface area contributed by atoms with Crippen molar-refractivity contribution in [3.63, 3.8) is 0 Å². The zero-order valence-electron chi connectivity index (χ0n) is 15.6. The average molecular weight is 340 g/mol. The van der Waals surface area contributed by atoms with Gasteiger partial charge in [0.25, 0.3) is 0 Å². The van der Waals surface area contributed by atoms with Gasteiger partial charge >= 0.3 is 0 Å². The van der Waals surface area contributed by atoms with Crippen LogP contribution < -0.4 is 15.4 Å². The summed E-state index contributed by atoms with van der Waals surface area (Å²) in [6, 6.07) is 14.0. The van der Waals surface area contributed by atoms with Crippen LogP contribution in [0.2, 0.25) is 0 Å². The molecule has 0 aliphatic heterocycles. The van der Waals surface area contributed by atoms with Crippen molar-refractivity contribution in [3.8, 4) is 5.75 Å². The Balaban J connectivity index is 1.81. The van der Waals surface area contributed by atoms with E-state index in [9.17, 15) is 4.79 Å². The number of carbonyl (C=O) groups is 1. The van der Waals surface area contributed by atoms with Crippen LogP contribution in [0.1, 0.15) is 42.9 Å². The minimum Gasteiger partial charge on any atom is -0.497 e. The third-order valence-corrected chi connectivity index (χ3v) is 4.23. The highest BCUT2D eigenvalue weighted by atomic mass is 16.5. The van der Waals surface area contributed by atoms with E-state index in [1.54, 1.807) is 7.11 Å². The summed E-state index contributed by atoms with van der Waals surface area (Å²) < 4.78 is 5.13. The molecule has 0 heterocycles. The molecule has 0 radical (unpaired) electrons. The molecule has 0 aliphatic carbocycles. The maximum Gasteiger partial charge on any atom is 0.222 e. The molecule has 0 aromatic heterocycles. The van der Waals surface area contributed by atoms with Crippen molar-refractivity contribution < 1.29 is 9.53 Å². The summed E-state index contributed by atoms with van der Waals surface area (Å²) in [4.78, 5) is 12.1. The number of rotatable bonds is 8. The first-order valence-corrected chi connectivity index (χ1v) is 8.74. The number of para-hydroxylation sites is 1. The molecule has 0 bridgehead atoms. The number of carbonyl (C=O) groups excluding carboxylic acids is 1.